The lowest BCUT2D eigenvalue weighted by atomic mass is 10.1. The van der Waals surface area contributed by atoms with E-state index in [4.69, 9.17) is 4.52 Å². The summed E-state index contributed by atoms with van der Waals surface area (Å²) >= 11 is 1.26. The van der Waals surface area contributed by atoms with Gasteiger partial charge < -0.3 is 15.2 Å². The number of nitrogens with one attached hydrogen (secondary N) is 2. The predicted molar refractivity (Wildman–Crippen MR) is 88.7 cm³/mol. The van der Waals surface area contributed by atoms with E-state index in [1.54, 1.807) is 17.6 Å². The molecule has 0 saturated carbocycles. The molecule has 2 aromatic heterocycles. The van der Waals surface area contributed by atoms with Crippen molar-refractivity contribution in [2.75, 3.05) is 13.1 Å². The molecule has 0 atom stereocenters. The molecule has 0 radical (unpaired) electrons. The molecule has 122 valence electrons. The molecule has 2 amide bonds. The molecule has 2 N–H and O–H groups in total. The summed E-state index contributed by atoms with van der Waals surface area (Å²) in [5.74, 6) is -0.0886. The summed E-state index contributed by atoms with van der Waals surface area (Å²) in [5.41, 5.74) is 1.04. The van der Waals surface area contributed by atoms with Gasteiger partial charge in [0.15, 0.2) is 16.5 Å². The molecule has 0 aliphatic carbocycles. The fraction of sp³-hybridized carbons (Fsp3) is 0.125. The third-order valence-electron chi connectivity index (χ3n) is 3.12. The molecule has 3 aromatic rings. The second-order valence-electron chi connectivity index (χ2n) is 4.79. The number of carbonyl (C=O) groups excluding carboxylic acids is 2. The minimum absolute atomic E-state index is 0.195. The Labute approximate surface area is 141 Å². The van der Waals surface area contributed by atoms with E-state index in [-0.39, 0.29) is 24.1 Å². The van der Waals surface area contributed by atoms with Crippen molar-refractivity contribution in [1.29, 1.82) is 0 Å². The lowest BCUT2D eigenvalue weighted by Crippen LogP contribution is -2.34. The number of nitrogens with zero attached hydrogens (tertiary/aromatic N) is 2. The fourth-order valence-corrected chi connectivity index (χ4v) is 2.53. The maximum atomic E-state index is 12.0. The fourth-order valence-electron chi connectivity index (χ4n) is 1.97. The average Bonchev–Trinajstić information content (AvgIpc) is 3.31. The Morgan fingerprint density at radius 3 is 2.54 bits per heavy atom. The molecule has 0 fully saturated rings. The van der Waals surface area contributed by atoms with Crippen LogP contribution in [0.1, 0.15) is 20.3 Å². The van der Waals surface area contributed by atoms with Crippen molar-refractivity contribution >= 4 is 23.2 Å². The van der Waals surface area contributed by atoms with E-state index in [0.717, 1.165) is 5.56 Å². The normalized spacial score (nSPS) is 10.3. The highest BCUT2D eigenvalue weighted by atomic mass is 32.1. The molecule has 24 heavy (non-hydrogen) atoms. The maximum Gasteiger partial charge on any atom is 0.280 e. The van der Waals surface area contributed by atoms with Gasteiger partial charge in [0.25, 0.3) is 11.8 Å². The van der Waals surface area contributed by atoms with Crippen molar-refractivity contribution in [2.24, 2.45) is 0 Å². The van der Waals surface area contributed by atoms with Crippen LogP contribution in [-0.2, 0) is 0 Å². The molecule has 0 bridgehead atoms. The lowest BCUT2D eigenvalue weighted by molar-refractivity contribution is 0.0922. The van der Waals surface area contributed by atoms with Crippen LogP contribution in [0.4, 0.5) is 0 Å². The maximum absolute atomic E-state index is 12.0. The molecular formula is C16H14N4O3S. The molecule has 7 nitrogen and oxygen atoms in total. The Morgan fingerprint density at radius 1 is 1.08 bits per heavy atom. The minimum Gasteiger partial charge on any atom is -0.355 e. The third kappa shape index (κ3) is 3.85. The van der Waals surface area contributed by atoms with E-state index < -0.39 is 0 Å². The van der Waals surface area contributed by atoms with Gasteiger partial charge in [0, 0.05) is 36.3 Å². The van der Waals surface area contributed by atoms with Crippen molar-refractivity contribution in [3.05, 3.63) is 58.7 Å². The first-order valence-corrected chi connectivity index (χ1v) is 8.10. The van der Waals surface area contributed by atoms with Crippen LogP contribution in [0.2, 0.25) is 0 Å². The molecular weight excluding hydrogens is 328 g/mol. The zero-order valence-electron chi connectivity index (χ0n) is 12.6. The Balaban J connectivity index is 1.47. The quantitative estimate of drug-likeness (QED) is 0.668. The third-order valence-corrected chi connectivity index (χ3v) is 3.90. The first kappa shape index (κ1) is 15.9. The topological polar surface area (TPSA) is 97.1 Å². The van der Waals surface area contributed by atoms with Crippen LogP contribution in [0.25, 0.3) is 11.3 Å². The Bertz CT molecular complexity index is 815. The Hall–Kier alpha value is -3.00. The van der Waals surface area contributed by atoms with Crippen LogP contribution < -0.4 is 10.6 Å². The van der Waals surface area contributed by atoms with Crippen molar-refractivity contribution in [3.63, 3.8) is 0 Å². The van der Waals surface area contributed by atoms with Gasteiger partial charge >= 0.3 is 0 Å². The molecule has 0 aliphatic rings. The summed E-state index contributed by atoms with van der Waals surface area (Å²) in [5, 5.41) is 11.2. The molecule has 8 heteroatoms. The van der Waals surface area contributed by atoms with E-state index in [2.05, 4.69) is 20.8 Å². The largest absolute Gasteiger partial charge is 0.355 e. The molecule has 0 saturated heterocycles. The second-order valence-corrected chi connectivity index (χ2v) is 5.69. The molecule has 2 heterocycles. The number of thiazole rings is 1. The van der Waals surface area contributed by atoms with Crippen LogP contribution in [-0.4, -0.2) is 35.0 Å². The van der Waals surface area contributed by atoms with Crippen LogP contribution in [0.3, 0.4) is 0 Å². The van der Waals surface area contributed by atoms with Crippen molar-refractivity contribution < 1.29 is 14.1 Å². The monoisotopic (exact) mass is 342 g/mol. The van der Waals surface area contributed by atoms with Crippen molar-refractivity contribution in [1.82, 2.24) is 20.8 Å². The molecule has 3 rings (SSSR count). The highest BCUT2D eigenvalue weighted by Gasteiger charge is 2.13. The number of hydrogen-bond donors (Lipinski definition) is 2. The zero-order chi connectivity index (χ0) is 16.8. The zero-order valence-corrected chi connectivity index (χ0v) is 13.4. The summed E-state index contributed by atoms with van der Waals surface area (Å²) in [4.78, 5) is 27.6. The number of amides is 2. The lowest BCUT2D eigenvalue weighted by Gasteiger charge is -2.04. The highest BCUT2D eigenvalue weighted by Crippen LogP contribution is 2.19. The van der Waals surface area contributed by atoms with Crippen molar-refractivity contribution in [3.8, 4) is 11.3 Å². The van der Waals surface area contributed by atoms with Gasteiger partial charge in [-0.15, -0.1) is 11.3 Å². The van der Waals surface area contributed by atoms with Crippen LogP contribution in [0, 0.1) is 0 Å². The summed E-state index contributed by atoms with van der Waals surface area (Å²) < 4.78 is 5.18. The summed E-state index contributed by atoms with van der Waals surface area (Å²) in [6.45, 7) is 0.580. The van der Waals surface area contributed by atoms with Gasteiger partial charge in [0.05, 0.1) is 0 Å². The van der Waals surface area contributed by atoms with E-state index in [9.17, 15) is 9.59 Å². The van der Waals surface area contributed by atoms with Gasteiger partial charge in [-0.25, -0.2) is 4.98 Å². The minimum atomic E-state index is -0.357. The summed E-state index contributed by atoms with van der Waals surface area (Å²) in [7, 11) is 0. The van der Waals surface area contributed by atoms with Gasteiger partial charge in [-0.3, -0.25) is 9.59 Å². The number of carbonyl (C=O) groups is 2. The molecule has 0 aliphatic heterocycles. The standard InChI is InChI=1S/C16H14N4O3S/c21-14(17-6-7-18-15(22)16-19-8-9-24-16)12-10-13(23-20-12)11-4-2-1-3-5-11/h1-5,8-10H,6-7H2,(H,17,21)(H,18,22). The van der Waals surface area contributed by atoms with Crippen LogP contribution in [0.15, 0.2) is 52.5 Å². The predicted octanol–water partition coefficient (Wildman–Crippen LogP) is 1.96. The molecule has 0 spiro atoms. The number of benzene rings is 1. The number of rotatable bonds is 6. The SMILES string of the molecule is O=C(NCCNC(=O)c1nccs1)c1cc(-c2ccccc2)on1. The first-order chi connectivity index (χ1) is 11.7. The average molecular weight is 342 g/mol. The van der Waals surface area contributed by atoms with E-state index >= 15 is 0 Å². The van der Waals surface area contributed by atoms with Crippen LogP contribution >= 0.6 is 11.3 Å². The summed E-state index contributed by atoms with van der Waals surface area (Å²) in [6.07, 6.45) is 1.57. The number of aromatic nitrogens is 2. The second kappa shape index (κ2) is 7.51. The Morgan fingerprint density at radius 2 is 1.83 bits per heavy atom. The van der Waals surface area contributed by atoms with E-state index in [1.807, 2.05) is 30.3 Å². The molecule has 0 unspecified atom stereocenters. The van der Waals surface area contributed by atoms with Gasteiger partial charge in [0.1, 0.15) is 0 Å². The highest BCUT2D eigenvalue weighted by molar-refractivity contribution is 7.11. The van der Waals surface area contributed by atoms with Gasteiger partial charge in [-0.2, -0.15) is 0 Å². The Kier molecular flexibility index (Phi) is 4.97. The van der Waals surface area contributed by atoms with E-state index in [1.165, 1.54) is 11.3 Å². The van der Waals surface area contributed by atoms with E-state index in [0.29, 0.717) is 17.3 Å². The summed E-state index contributed by atoms with van der Waals surface area (Å²) in [6, 6.07) is 11.0. The first-order valence-electron chi connectivity index (χ1n) is 7.22. The smallest absolute Gasteiger partial charge is 0.280 e. The van der Waals surface area contributed by atoms with Crippen LogP contribution in [0.5, 0.6) is 0 Å². The van der Waals surface area contributed by atoms with Gasteiger partial charge in [-0.05, 0) is 0 Å². The van der Waals surface area contributed by atoms with Gasteiger partial charge in [0.2, 0.25) is 0 Å². The van der Waals surface area contributed by atoms with Crippen molar-refractivity contribution in [2.45, 2.75) is 0 Å². The number of hydrogen-bond acceptors (Lipinski definition) is 6. The molecule has 1 aromatic carbocycles. The van der Waals surface area contributed by atoms with Gasteiger partial charge in [-0.1, -0.05) is 35.5 Å².